The van der Waals surface area contributed by atoms with Crippen molar-refractivity contribution in [2.24, 2.45) is 0 Å². The molecule has 0 aliphatic carbocycles. The van der Waals surface area contributed by atoms with Crippen molar-refractivity contribution in [3.8, 4) is 0 Å². The maximum absolute atomic E-state index is 4.13. The largest absolute Gasteiger partial charge is 0.311 e. The zero-order valence-electron chi connectivity index (χ0n) is 10.8. The van der Waals surface area contributed by atoms with Crippen LogP contribution in [0.15, 0.2) is 24.5 Å². The van der Waals surface area contributed by atoms with Gasteiger partial charge in [-0.15, -0.1) is 0 Å². The standard InChI is InChI=1S/C14H24N2/c1-4-14(5-2,6-3)16-11-9-13-8-7-10-15-12-13/h7-8,10,12,16H,4-6,9,11H2,1-3H3. The van der Waals surface area contributed by atoms with E-state index in [1.165, 1.54) is 24.8 Å². The summed E-state index contributed by atoms with van der Waals surface area (Å²) in [6.45, 7) is 7.85. The molecule has 0 spiro atoms. The van der Waals surface area contributed by atoms with Crippen LogP contribution >= 0.6 is 0 Å². The number of aromatic nitrogens is 1. The Balaban J connectivity index is 2.39. The molecule has 0 saturated heterocycles. The molecule has 1 heterocycles. The van der Waals surface area contributed by atoms with E-state index in [2.05, 4.69) is 37.1 Å². The number of pyridine rings is 1. The fraction of sp³-hybridized carbons (Fsp3) is 0.643. The lowest BCUT2D eigenvalue weighted by Crippen LogP contribution is -2.44. The van der Waals surface area contributed by atoms with Crippen LogP contribution in [0.2, 0.25) is 0 Å². The van der Waals surface area contributed by atoms with Gasteiger partial charge in [-0.3, -0.25) is 4.98 Å². The van der Waals surface area contributed by atoms with Crippen LogP contribution in [0, 0.1) is 0 Å². The van der Waals surface area contributed by atoms with Crippen LogP contribution in [-0.4, -0.2) is 17.1 Å². The van der Waals surface area contributed by atoms with Gasteiger partial charge >= 0.3 is 0 Å². The van der Waals surface area contributed by atoms with E-state index in [-0.39, 0.29) is 0 Å². The summed E-state index contributed by atoms with van der Waals surface area (Å²) in [5, 5.41) is 3.70. The first-order valence-corrected chi connectivity index (χ1v) is 6.40. The minimum atomic E-state index is 0.336. The number of nitrogens with zero attached hydrogens (tertiary/aromatic N) is 1. The molecule has 0 aromatic carbocycles. The quantitative estimate of drug-likeness (QED) is 0.763. The summed E-state index contributed by atoms with van der Waals surface area (Å²) in [5.74, 6) is 0. The lowest BCUT2D eigenvalue weighted by atomic mass is 9.89. The minimum absolute atomic E-state index is 0.336. The van der Waals surface area contributed by atoms with Crippen molar-refractivity contribution in [2.45, 2.75) is 52.0 Å². The van der Waals surface area contributed by atoms with E-state index in [9.17, 15) is 0 Å². The maximum atomic E-state index is 4.13. The van der Waals surface area contributed by atoms with Crippen molar-refractivity contribution in [2.75, 3.05) is 6.54 Å². The molecule has 1 N–H and O–H groups in total. The Bertz CT molecular complexity index is 270. The smallest absolute Gasteiger partial charge is 0.0300 e. The zero-order chi connectivity index (χ0) is 11.9. The molecule has 1 aromatic rings. The average molecular weight is 220 g/mol. The summed E-state index contributed by atoms with van der Waals surface area (Å²) < 4.78 is 0. The molecule has 0 bridgehead atoms. The second kappa shape index (κ2) is 6.64. The van der Waals surface area contributed by atoms with Crippen LogP contribution < -0.4 is 5.32 Å². The molecule has 0 atom stereocenters. The van der Waals surface area contributed by atoms with E-state index in [1.807, 2.05) is 18.5 Å². The van der Waals surface area contributed by atoms with Crippen molar-refractivity contribution in [3.05, 3.63) is 30.1 Å². The Labute approximate surface area is 99.5 Å². The summed E-state index contributed by atoms with van der Waals surface area (Å²) in [7, 11) is 0. The molecule has 0 unspecified atom stereocenters. The van der Waals surface area contributed by atoms with Gasteiger partial charge in [-0.25, -0.2) is 0 Å². The zero-order valence-corrected chi connectivity index (χ0v) is 10.8. The van der Waals surface area contributed by atoms with Gasteiger partial charge in [0.15, 0.2) is 0 Å². The molecule has 0 fully saturated rings. The minimum Gasteiger partial charge on any atom is -0.311 e. The van der Waals surface area contributed by atoms with Crippen LogP contribution in [0.5, 0.6) is 0 Å². The van der Waals surface area contributed by atoms with E-state index in [4.69, 9.17) is 0 Å². The highest BCUT2D eigenvalue weighted by molar-refractivity contribution is 5.08. The fourth-order valence-corrected chi connectivity index (χ4v) is 2.14. The van der Waals surface area contributed by atoms with Crippen LogP contribution in [0.4, 0.5) is 0 Å². The van der Waals surface area contributed by atoms with E-state index < -0.39 is 0 Å². The molecule has 1 rings (SSSR count). The van der Waals surface area contributed by atoms with E-state index in [1.54, 1.807) is 0 Å². The molecular weight excluding hydrogens is 196 g/mol. The van der Waals surface area contributed by atoms with Gasteiger partial charge < -0.3 is 5.32 Å². The summed E-state index contributed by atoms with van der Waals surface area (Å²) >= 11 is 0. The summed E-state index contributed by atoms with van der Waals surface area (Å²) in [6.07, 6.45) is 8.45. The third-order valence-corrected chi connectivity index (χ3v) is 3.67. The third kappa shape index (κ3) is 3.60. The van der Waals surface area contributed by atoms with Crippen LogP contribution in [-0.2, 0) is 6.42 Å². The molecular formula is C14H24N2. The topological polar surface area (TPSA) is 24.9 Å². The molecule has 90 valence electrons. The SMILES string of the molecule is CCC(CC)(CC)NCCc1cccnc1. The molecule has 0 radical (unpaired) electrons. The molecule has 0 aliphatic rings. The van der Waals surface area contributed by atoms with Crippen molar-refractivity contribution in [1.82, 2.24) is 10.3 Å². The van der Waals surface area contributed by atoms with E-state index in [0.717, 1.165) is 13.0 Å². The average Bonchev–Trinajstić information content (AvgIpc) is 2.37. The Morgan fingerprint density at radius 2 is 1.88 bits per heavy atom. The monoisotopic (exact) mass is 220 g/mol. The Morgan fingerprint density at radius 1 is 1.19 bits per heavy atom. The highest BCUT2D eigenvalue weighted by Crippen LogP contribution is 2.18. The first-order valence-electron chi connectivity index (χ1n) is 6.40. The van der Waals surface area contributed by atoms with Gasteiger partial charge in [0.05, 0.1) is 0 Å². The highest BCUT2D eigenvalue weighted by atomic mass is 15.0. The highest BCUT2D eigenvalue weighted by Gasteiger charge is 2.21. The van der Waals surface area contributed by atoms with Gasteiger partial charge in [0.1, 0.15) is 0 Å². The van der Waals surface area contributed by atoms with Gasteiger partial charge in [0, 0.05) is 17.9 Å². The third-order valence-electron chi connectivity index (χ3n) is 3.67. The van der Waals surface area contributed by atoms with Gasteiger partial charge in [-0.2, -0.15) is 0 Å². The van der Waals surface area contributed by atoms with Crippen molar-refractivity contribution < 1.29 is 0 Å². The summed E-state index contributed by atoms with van der Waals surface area (Å²) in [5.41, 5.74) is 1.65. The molecule has 16 heavy (non-hydrogen) atoms. The lowest BCUT2D eigenvalue weighted by Gasteiger charge is -2.32. The molecule has 0 amide bonds. The summed E-state index contributed by atoms with van der Waals surface area (Å²) in [6, 6.07) is 4.14. The maximum Gasteiger partial charge on any atom is 0.0300 e. The lowest BCUT2D eigenvalue weighted by molar-refractivity contribution is 0.292. The molecule has 0 saturated carbocycles. The molecule has 2 nitrogen and oxygen atoms in total. The Hall–Kier alpha value is -0.890. The number of nitrogens with one attached hydrogen (secondary N) is 1. The normalized spacial score (nSPS) is 11.7. The second-order valence-electron chi connectivity index (χ2n) is 4.38. The fourth-order valence-electron chi connectivity index (χ4n) is 2.14. The van der Waals surface area contributed by atoms with E-state index in [0.29, 0.717) is 5.54 Å². The molecule has 2 heteroatoms. The van der Waals surface area contributed by atoms with Crippen molar-refractivity contribution in [3.63, 3.8) is 0 Å². The first kappa shape index (κ1) is 13.2. The van der Waals surface area contributed by atoms with Crippen LogP contribution in [0.3, 0.4) is 0 Å². The van der Waals surface area contributed by atoms with Gasteiger partial charge in [-0.1, -0.05) is 26.8 Å². The summed E-state index contributed by atoms with van der Waals surface area (Å²) in [4.78, 5) is 4.13. The first-order chi connectivity index (χ1) is 7.76. The second-order valence-corrected chi connectivity index (χ2v) is 4.38. The van der Waals surface area contributed by atoms with Crippen LogP contribution in [0.1, 0.15) is 45.6 Å². The predicted molar refractivity (Wildman–Crippen MR) is 69.5 cm³/mol. The Kier molecular flexibility index (Phi) is 5.47. The number of hydrogen-bond acceptors (Lipinski definition) is 2. The van der Waals surface area contributed by atoms with Crippen molar-refractivity contribution >= 4 is 0 Å². The van der Waals surface area contributed by atoms with Crippen LogP contribution in [0.25, 0.3) is 0 Å². The van der Waals surface area contributed by atoms with Gasteiger partial charge in [0.2, 0.25) is 0 Å². The number of hydrogen-bond donors (Lipinski definition) is 1. The van der Waals surface area contributed by atoms with Gasteiger partial charge in [-0.05, 0) is 43.9 Å². The van der Waals surface area contributed by atoms with Gasteiger partial charge in [0.25, 0.3) is 0 Å². The van der Waals surface area contributed by atoms with E-state index >= 15 is 0 Å². The van der Waals surface area contributed by atoms with Crippen molar-refractivity contribution in [1.29, 1.82) is 0 Å². The predicted octanol–water partition coefficient (Wildman–Crippen LogP) is 3.18. The number of rotatable bonds is 7. The molecule has 0 aliphatic heterocycles. The molecule has 1 aromatic heterocycles. The Morgan fingerprint density at radius 3 is 2.38 bits per heavy atom.